The molecule has 1 aliphatic heterocycles. The van der Waals surface area contributed by atoms with Crippen molar-refractivity contribution in [1.29, 1.82) is 0 Å². The molecule has 1 amide bonds. The van der Waals surface area contributed by atoms with Crippen LogP contribution in [-0.2, 0) is 16.1 Å². The minimum Gasteiger partial charge on any atom is -0.336 e. The van der Waals surface area contributed by atoms with Crippen LogP contribution in [0.4, 0.5) is 0 Å². The van der Waals surface area contributed by atoms with Crippen LogP contribution in [0, 0.1) is 6.92 Å². The highest BCUT2D eigenvalue weighted by Gasteiger charge is 2.24. The van der Waals surface area contributed by atoms with Gasteiger partial charge in [0.15, 0.2) is 0 Å². The van der Waals surface area contributed by atoms with Crippen molar-refractivity contribution in [3.63, 3.8) is 0 Å². The number of carbonyl (C=O) groups is 2. The molecule has 16 heavy (non-hydrogen) atoms. The summed E-state index contributed by atoms with van der Waals surface area (Å²) < 4.78 is 0. The third kappa shape index (κ3) is 2.27. The van der Waals surface area contributed by atoms with E-state index in [0.29, 0.717) is 19.5 Å². The Morgan fingerprint density at radius 3 is 2.94 bits per heavy atom. The highest BCUT2D eigenvalue weighted by Crippen LogP contribution is 2.13. The number of ketones is 1. The fourth-order valence-electron chi connectivity index (χ4n) is 1.79. The van der Waals surface area contributed by atoms with Gasteiger partial charge in [-0.15, -0.1) is 0 Å². The smallest absolute Gasteiger partial charge is 0.230 e. The number of amides is 1. The Labute approximate surface area is 94.3 Å². The van der Waals surface area contributed by atoms with Crippen LogP contribution >= 0.6 is 0 Å². The Bertz CT molecular complexity index is 429. The summed E-state index contributed by atoms with van der Waals surface area (Å²) in [5.41, 5.74) is 1.98. The highest BCUT2D eigenvalue weighted by atomic mass is 16.2. The van der Waals surface area contributed by atoms with Crippen LogP contribution in [-0.4, -0.2) is 28.1 Å². The molecule has 1 fully saturated rings. The average Bonchev–Trinajstić information content (AvgIpc) is 2.25. The summed E-state index contributed by atoms with van der Waals surface area (Å²) in [4.78, 5) is 28.6. The summed E-state index contributed by atoms with van der Waals surface area (Å²) in [5, 5.41) is 0. The summed E-state index contributed by atoms with van der Waals surface area (Å²) in [6.45, 7) is 3.01. The van der Waals surface area contributed by atoms with Gasteiger partial charge < -0.3 is 4.90 Å². The van der Waals surface area contributed by atoms with E-state index >= 15 is 0 Å². The second-order valence-corrected chi connectivity index (χ2v) is 4.05. The molecule has 0 spiro atoms. The number of aromatic nitrogens is 1. The summed E-state index contributed by atoms with van der Waals surface area (Å²) >= 11 is 0. The number of piperidine rings is 1. The van der Waals surface area contributed by atoms with Gasteiger partial charge in [-0.25, -0.2) is 0 Å². The number of Topliss-reactive ketones (excluding diaryl/α,β-unsaturated/α-hetero) is 1. The fourth-order valence-corrected chi connectivity index (χ4v) is 1.79. The predicted octanol–water partition coefficient (Wildman–Crippen LogP) is 1.08. The largest absolute Gasteiger partial charge is 0.336 e. The number of carbonyl (C=O) groups excluding carboxylic acids is 2. The summed E-state index contributed by atoms with van der Waals surface area (Å²) in [6.07, 6.45) is 2.24. The molecule has 0 atom stereocenters. The third-order valence-corrected chi connectivity index (χ3v) is 2.82. The van der Waals surface area contributed by atoms with Crippen molar-refractivity contribution in [3.8, 4) is 0 Å². The number of pyridine rings is 1. The van der Waals surface area contributed by atoms with E-state index in [1.807, 2.05) is 19.1 Å². The first-order chi connectivity index (χ1) is 7.66. The summed E-state index contributed by atoms with van der Waals surface area (Å²) in [6, 6.07) is 3.85. The molecule has 1 aromatic heterocycles. The molecule has 0 aliphatic carbocycles. The van der Waals surface area contributed by atoms with E-state index in [-0.39, 0.29) is 18.1 Å². The monoisotopic (exact) mass is 218 g/mol. The Hall–Kier alpha value is -1.71. The maximum Gasteiger partial charge on any atom is 0.230 e. The van der Waals surface area contributed by atoms with Crippen LogP contribution in [0.3, 0.4) is 0 Å². The lowest BCUT2D eigenvalue weighted by Crippen LogP contribution is -2.38. The van der Waals surface area contributed by atoms with Crippen molar-refractivity contribution in [2.24, 2.45) is 0 Å². The van der Waals surface area contributed by atoms with Gasteiger partial charge in [-0.3, -0.25) is 14.6 Å². The fraction of sp³-hybridized carbons (Fsp3) is 0.417. The SMILES string of the molecule is Cc1cccnc1CN1CCC(=O)CC1=O. The minimum absolute atomic E-state index is 0.0407. The van der Waals surface area contributed by atoms with Gasteiger partial charge >= 0.3 is 0 Å². The van der Waals surface area contributed by atoms with Crippen LogP contribution in [0.15, 0.2) is 18.3 Å². The molecule has 2 heterocycles. The average molecular weight is 218 g/mol. The van der Waals surface area contributed by atoms with Crippen molar-refractivity contribution >= 4 is 11.7 Å². The lowest BCUT2D eigenvalue weighted by atomic mass is 10.1. The second-order valence-electron chi connectivity index (χ2n) is 4.05. The van der Waals surface area contributed by atoms with E-state index < -0.39 is 0 Å². The number of hydrogen-bond donors (Lipinski definition) is 0. The van der Waals surface area contributed by atoms with E-state index in [9.17, 15) is 9.59 Å². The van der Waals surface area contributed by atoms with Crippen molar-refractivity contribution in [1.82, 2.24) is 9.88 Å². The zero-order valence-electron chi connectivity index (χ0n) is 9.27. The van der Waals surface area contributed by atoms with E-state index in [2.05, 4.69) is 4.98 Å². The molecule has 4 nitrogen and oxygen atoms in total. The Balaban J connectivity index is 2.08. The quantitative estimate of drug-likeness (QED) is 0.698. The molecule has 0 N–H and O–H groups in total. The first-order valence-corrected chi connectivity index (χ1v) is 5.37. The topological polar surface area (TPSA) is 50.3 Å². The van der Waals surface area contributed by atoms with Crippen LogP contribution < -0.4 is 0 Å². The van der Waals surface area contributed by atoms with Gasteiger partial charge in [-0.2, -0.15) is 0 Å². The molecule has 1 aliphatic rings. The first kappa shape index (κ1) is 10.8. The Morgan fingerprint density at radius 1 is 1.44 bits per heavy atom. The van der Waals surface area contributed by atoms with Crippen LogP contribution in [0.1, 0.15) is 24.1 Å². The molecular weight excluding hydrogens is 204 g/mol. The lowest BCUT2D eigenvalue weighted by Gasteiger charge is -2.26. The summed E-state index contributed by atoms with van der Waals surface area (Å²) in [7, 11) is 0. The zero-order valence-corrected chi connectivity index (χ0v) is 9.27. The van der Waals surface area contributed by atoms with Gasteiger partial charge in [0.2, 0.25) is 5.91 Å². The highest BCUT2D eigenvalue weighted by molar-refractivity contribution is 6.00. The van der Waals surface area contributed by atoms with E-state index in [1.54, 1.807) is 11.1 Å². The Kier molecular flexibility index (Phi) is 2.99. The van der Waals surface area contributed by atoms with Crippen LogP contribution in [0.5, 0.6) is 0 Å². The number of hydrogen-bond acceptors (Lipinski definition) is 3. The van der Waals surface area contributed by atoms with Crippen LogP contribution in [0.25, 0.3) is 0 Å². The first-order valence-electron chi connectivity index (χ1n) is 5.37. The molecule has 0 radical (unpaired) electrons. The van der Waals surface area contributed by atoms with Gasteiger partial charge in [0, 0.05) is 19.2 Å². The standard InChI is InChI=1S/C12H14N2O2/c1-9-3-2-5-13-11(9)8-14-6-4-10(15)7-12(14)16/h2-3,5H,4,6-8H2,1H3. The van der Waals surface area contributed by atoms with Gasteiger partial charge in [0.05, 0.1) is 18.7 Å². The normalized spacial score (nSPS) is 16.7. The zero-order chi connectivity index (χ0) is 11.5. The van der Waals surface area contributed by atoms with Gasteiger partial charge in [-0.05, 0) is 18.6 Å². The van der Waals surface area contributed by atoms with Crippen molar-refractivity contribution < 1.29 is 9.59 Å². The van der Waals surface area contributed by atoms with Gasteiger partial charge in [0.1, 0.15) is 5.78 Å². The number of nitrogens with zero attached hydrogens (tertiary/aromatic N) is 2. The minimum atomic E-state index is -0.0821. The van der Waals surface area contributed by atoms with E-state index in [1.165, 1.54) is 0 Å². The molecule has 84 valence electrons. The maximum absolute atomic E-state index is 11.6. The number of likely N-dealkylation sites (tertiary alicyclic amines) is 1. The molecule has 2 rings (SSSR count). The van der Waals surface area contributed by atoms with E-state index in [4.69, 9.17) is 0 Å². The number of aryl methyl sites for hydroxylation is 1. The van der Waals surface area contributed by atoms with Crippen molar-refractivity contribution in [2.75, 3.05) is 6.54 Å². The van der Waals surface area contributed by atoms with Crippen LogP contribution in [0.2, 0.25) is 0 Å². The second kappa shape index (κ2) is 4.43. The molecular formula is C12H14N2O2. The maximum atomic E-state index is 11.6. The number of rotatable bonds is 2. The molecule has 0 aromatic carbocycles. The molecule has 0 bridgehead atoms. The van der Waals surface area contributed by atoms with Gasteiger partial charge in [0.25, 0.3) is 0 Å². The molecule has 1 aromatic rings. The predicted molar refractivity (Wildman–Crippen MR) is 58.6 cm³/mol. The third-order valence-electron chi connectivity index (χ3n) is 2.82. The van der Waals surface area contributed by atoms with Gasteiger partial charge in [-0.1, -0.05) is 6.07 Å². The molecule has 0 unspecified atom stereocenters. The van der Waals surface area contributed by atoms with Crippen molar-refractivity contribution in [3.05, 3.63) is 29.6 Å². The van der Waals surface area contributed by atoms with Crippen molar-refractivity contribution in [2.45, 2.75) is 26.3 Å². The van der Waals surface area contributed by atoms with E-state index in [0.717, 1.165) is 11.3 Å². The molecule has 1 saturated heterocycles. The Morgan fingerprint density at radius 2 is 2.25 bits per heavy atom. The summed E-state index contributed by atoms with van der Waals surface area (Å²) in [5.74, 6) is -0.0414. The molecule has 4 heteroatoms. The molecule has 0 saturated carbocycles. The lowest BCUT2D eigenvalue weighted by molar-refractivity contribution is -0.139.